The topological polar surface area (TPSA) is 67.2 Å². The number of carbonyl (C=O) groups is 1. The van der Waals surface area contributed by atoms with Crippen LogP contribution in [0.1, 0.15) is 24.4 Å². The van der Waals surface area contributed by atoms with E-state index < -0.39 is 12.0 Å². The van der Waals surface area contributed by atoms with E-state index >= 15 is 0 Å². The average Bonchev–Trinajstić information content (AvgIpc) is 2.84. The normalized spacial score (nSPS) is 24.8. The summed E-state index contributed by atoms with van der Waals surface area (Å²) in [5, 5.41) is 16.3. The molecule has 16 heavy (non-hydrogen) atoms. The zero-order valence-corrected chi connectivity index (χ0v) is 9.91. The summed E-state index contributed by atoms with van der Waals surface area (Å²) in [4.78, 5) is 10.8. The quantitative estimate of drug-likeness (QED) is 0.825. The molecule has 5 nitrogen and oxygen atoms in total. The molecule has 1 aromatic rings. The average molecular weight is 241 g/mol. The molecule has 6 heteroatoms. The van der Waals surface area contributed by atoms with Crippen molar-refractivity contribution in [2.75, 3.05) is 5.75 Å². The van der Waals surface area contributed by atoms with E-state index in [1.165, 1.54) is 0 Å². The minimum absolute atomic E-state index is 0.0511. The van der Waals surface area contributed by atoms with Gasteiger partial charge in [0, 0.05) is 18.5 Å². The van der Waals surface area contributed by atoms with Crippen LogP contribution in [-0.2, 0) is 11.3 Å². The fraction of sp³-hybridized carbons (Fsp3) is 0.600. The lowest BCUT2D eigenvalue weighted by Crippen LogP contribution is -2.34. The zero-order chi connectivity index (χ0) is 11.5. The van der Waals surface area contributed by atoms with Crippen LogP contribution in [0.15, 0.2) is 12.3 Å². The van der Waals surface area contributed by atoms with Gasteiger partial charge >= 0.3 is 5.97 Å². The standard InChI is InChI=1S/C10H15N3O2S/c1-2-5-13-8(3-4-11-13)9-12-7(6-16-9)10(14)15/h3-4,7,9,12H,2,5-6H2,1H3,(H,14,15). The molecule has 2 heterocycles. The van der Waals surface area contributed by atoms with Crippen LogP contribution in [0.25, 0.3) is 0 Å². The van der Waals surface area contributed by atoms with E-state index in [-0.39, 0.29) is 5.37 Å². The molecule has 88 valence electrons. The van der Waals surface area contributed by atoms with Gasteiger partial charge in [-0.3, -0.25) is 14.8 Å². The molecular formula is C10H15N3O2S. The first kappa shape index (κ1) is 11.5. The number of aromatic nitrogens is 2. The van der Waals surface area contributed by atoms with Crippen molar-refractivity contribution in [2.24, 2.45) is 0 Å². The van der Waals surface area contributed by atoms with Crippen LogP contribution in [0.5, 0.6) is 0 Å². The Bertz CT molecular complexity index is 380. The Kier molecular flexibility index (Phi) is 3.50. The lowest BCUT2D eigenvalue weighted by molar-refractivity contribution is -0.138. The Balaban J connectivity index is 2.08. The van der Waals surface area contributed by atoms with Gasteiger partial charge in [-0.1, -0.05) is 6.92 Å². The third-order valence-electron chi connectivity index (χ3n) is 2.53. The second-order valence-electron chi connectivity index (χ2n) is 3.75. The van der Waals surface area contributed by atoms with E-state index in [0.29, 0.717) is 5.75 Å². The van der Waals surface area contributed by atoms with Gasteiger partial charge in [-0.15, -0.1) is 11.8 Å². The van der Waals surface area contributed by atoms with Crippen LogP contribution in [-0.4, -0.2) is 32.7 Å². The SMILES string of the molecule is CCCn1nccc1C1NC(C(=O)O)CS1. The molecule has 2 unspecified atom stereocenters. The largest absolute Gasteiger partial charge is 0.480 e. The molecule has 0 radical (unpaired) electrons. The van der Waals surface area contributed by atoms with Crippen LogP contribution in [0.3, 0.4) is 0 Å². The summed E-state index contributed by atoms with van der Waals surface area (Å²) in [5.41, 5.74) is 1.07. The maximum absolute atomic E-state index is 10.8. The van der Waals surface area contributed by atoms with Crippen molar-refractivity contribution in [2.45, 2.75) is 31.3 Å². The molecule has 2 N–H and O–H groups in total. The Morgan fingerprint density at radius 3 is 3.25 bits per heavy atom. The van der Waals surface area contributed by atoms with Crippen molar-refractivity contribution in [1.29, 1.82) is 0 Å². The van der Waals surface area contributed by atoms with Crippen molar-refractivity contribution in [3.05, 3.63) is 18.0 Å². The summed E-state index contributed by atoms with van der Waals surface area (Å²) in [5.74, 6) is -0.173. The van der Waals surface area contributed by atoms with Crippen molar-refractivity contribution in [1.82, 2.24) is 15.1 Å². The Hall–Kier alpha value is -1.01. The molecule has 2 rings (SSSR count). The van der Waals surface area contributed by atoms with Gasteiger partial charge in [0.05, 0.1) is 11.1 Å². The number of nitrogens with zero attached hydrogens (tertiary/aromatic N) is 2. The lowest BCUT2D eigenvalue weighted by Gasteiger charge is -2.13. The third-order valence-corrected chi connectivity index (χ3v) is 3.77. The van der Waals surface area contributed by atoms with Crippen LogP contribution >= 0.6 is 11.8 Å². The number of carboxylic acid groups (broad SMARTS) is 1. The number of thioether (sulfide) groups is 1. The van der Waals surface area contributed by atoms with Crippen molar-refractivity contribution >= 4 is 17.7 Å². The van der Waals surface area contributed by atoms with Gasteiger partial charge in [0.25, 0.3) is 0 Å². The molecule has 1 aliphatic rings. The number of aryl methyl sites for hydroxylation is 1. The zero-order valence-electron chi connectivity index (χ0n) is 9.09. The fourth-order valence-electron chi connectivity index (χ4n) is 1.75. The van der Waals surface area contributed by atoms with Gasteiger partial charge in [0.15, 0.2) is 0 Å². The van der Waals surface area contributed by atoms with E-state index in [2.05, 4.69) is 17.3 Å². The number of carboxylic acids is 1. The summed E-state index contributed by atoms with van der Waals surface area (Å²) in [7, 11) is 0. The number of rotatable bonds is 4. The fourth-order valence-corrected chi connectivity index (χ4v) is 3.00. The second kappa shape index (κ2) is 4.88. The first-order valence-corrected chi connectivity index (χ1v) is 6.39. The van der Waals surface area contributed by atoms with Crippen LogP contribution in [0.2, 0.25) is 0 Å². The highest BCUT2D eigenvalue weighted by molar-refractivity contribution is 7.99. The minimum Gasteiger partial charge on any atom is -0.480 e. The monoisotopic (exact) mass is 241 g/mol. The first-order valence-electron chi connectivity index (χ1n) is 5.34. The smallest absolute Gasteiger partial charge is 0.321 e. The highest BCUT2D eigenvalue weighted by Crippen LogP contribution is 2.32. The van der Waals surface area contributed by atoms with Gasteiger partial charge < -0.3 is 5.11 Å². The summed E-state index contributed by atoms with van der Waals surface area (Å²) in [6.45, 7) is 2.97. The lowest BCUT2D eigenvalue weighted by atomic mass is 10.3. The summed E-state index contributed by atoms with van der Waals surface area (Å²) >= 11 is 1.62. The Morgan fingerprint density at radius 1 is 1.81 bits per heavy atom. The molecular weight excluding hydrogens is 226 g/mol. The third kappa shape index (κ3) is 2.22. The van der Waals surface area contributed by atoms with Gasteiger partial charge in [0.2, 0.25) is 0 Å². The molecule has 0 amide bonds. The second-order valence-corrected chi connectivity index (χ2v) is 4.89. The first-order chi connectivity index (χ1) is 7.72. The van der Waals surface area contributed by atoms with Crippen LogP contribution < -0.4 is 5.32 Å². The molecule has 1 saturated heterocycles. The maximum Gasteiger partial charge on any atom is 0.321 e. The number of hydrogen-bond acceptors (Lipinski definition) is 4. The molecule has 1 fully saturated rings. The molecule has 0 spiro atoms. The highest BCUT2D eigenvalue weighted by Gasteiger charge is 2.31. The Labute approximate surface area is 98.2 Å². The van der Waals surface area contributed by atoms with Crippen LogP contribution in [0.4, 0.5) is 0 Å². The molecule has 0 saturated carbocycles. The van der Waals surface area contributed by atoms with E-state index in [9.17, 15) is 4.79 Å². The van der Waals surface area contributed by atoms with E-state index in [4.69, 9.17) is 5.11 Å². The van der Waals surface area contributed by atoms with Crippen LogP contribution in [0, 0.1) is 0 Å². The molecule has 0 aliphatic carbocycles. The highest BCUT2D eigenvalue weighted by atomic mass is 32.2. The summed E-state index contributed by atoms with van der Waals surface area (Å²) in [6, 6.07) is 1.50. The van der Waals surface area contributed by atoms with Gasteiger partial charge in [-0.05, 0) is 12.5 Å². The van der Waals surface area contributed by atoms with E-state index in [1.807, 2.05) is 10.7 Å². The van der Waals surface area contributed by atoms with Crippen molar-refractivity contribution in [3.8, 4) is 0 Å². The molecule has 1 aliphatic heterocycles. The molecule has 0 bridgehead atoms. The van der Waals surface area contributed by atoms with Gasteiger partial charge in [-0.2, -0.15) is 5.10 Å². The minimum atomic E-state index is -0.781. The maximum atomic E-state index is 10.8. The van der Waals surface area contributed by atoms with Gasteiger partial charge in [0.1, 0.15) is 6.04 Å². The molecule has 0 aromatic carbocycles. The van der Waals surface area contributed by atoms with Crippen molar-refractivity contribution in [3.63, 3.8) is 0 Å². The molecule has 1 aromatic heterocycles. The predicted octanol–water partition coefficient (Wildman–Crippen LogP) is 1.08. The Morgan fingerprint density at radius 2 is 2.62 bits per heavy atom. The summed E-state index contributed by atoms with van der Waals surface area (Å²) < 4.78 is 1.94. The number of aliphatic carboxylic acids is 1. The van der Waals surface area contributed by atoms with E-state index in [1.54, 1.807) is 18.0 Å². The summed E-state index contributed by atoms with van der Waals surface area (Å²) in [6.07, 6.45) is 2.79. The number of nitrogens with one attached hydrogen (secondary N) is 1. The van der Waals surface area contributed by atoms with Gasteiger partial charge in [-0.25, -0.2) is 0 Å². The number of hydrogen-bond donors (Lipinski definition) is 2. The molecule has 2 atom stereocenters. The van der Waals surface area contributed by atoms with E-state index in [0.717, 1.165) is 18.7 Å². The van der Waals surface area contributed by atoms with Crippen molar-refractivity contribution < 1.29 is 9.90 Å². The predicted molar refractivity (Wildman–Crippen MR) is 62.3 cm³/mol.